The van der Waals surface area contributed by atoms with Crippen LogP contribution in [0.1, 0.15) is 35.9 Å². The number of benzene rings is 2. The van der Waals surface area contributed by atoms with Crippen molar-refractivity contribution in [1.82, 2.24) is 14.5 Å². The van der Waals surface area contributed by atoms with Gasteiger partial charge < -0.3 is 9.30 Å². The van der Waals surface area contributed by atoms with Gasteiger partial charge in [0.15, 0.2) is 17.3 Å². The van der Waals surface area contributed by atoms with Gasteiger partial charge in [-0.15, -0.1) is 0 Å². The highest BCUT2D eigenvalue weighted by atomic mass is 19.1. The topological polar surface area (TPSA) is 47.4 Å². The van der Waals surface area contributed by atoms with Gasteiger partial charge in [0.05, 0.1) is 24.7 Å². The summed E-state index contributed by atoms with van der Waals surface area (Å²) in [7, 11) is 1.42. The number of para-hydroxylation sites is 2. The SMILES string of the molecule is CCn1c(CN2CCCC(C(=O)c3ccc(OC)c(F)c3)C2)nc2ccccc21. The second-order valence-corrected chi connectivity index (χ2v) is 7.55. The first-order valence-electron chi connectivity index (χ1n) is 10.1. The Bertz CT molecular complexity index is 1030. The maximum Gasteiger partial charge on any atom is 0.167 e. The summed E-state index contributed by atoms with van der Waals surface area (Å²) < 4.78 is 21.2. The van der Waals surface area contributed by atoms with Crippen LogP contribution in [0.15, 0.2) is 42.5 Å². The molecule has 2 aromatic carbocycles. The highest BCUT2D eigenvalue weighted by Gasteiger charge is 2.28. The van der Waals surface area contributed by atoms with Crippen molar-refractivity contribution in [3.63, 3.8) is 0 Å². The molecule has 29 heavy (non-hydrogen) atoms. The Labute approximate surface area is 170 Å². The number of fused-ring (bicyclic) bond motifs is 1. The lowest BCUT2D eigenvalue weighted by Crippen LogP contribution is -2.38. The van der Waals surface area contributed by atoms with Crippen molar-refractivity contribution in [2.24, 2.45) is 5.92 Å². The number of carbonyl (C=O) groups is 1. The number of hydrogen-bond donors (Lipinski definition) is 0. The van der Waals surface area contributed by atoms with Crippen molar-refractivity contribution in [3.8, 4) is 5.75 Å². The number of methoxy groups -OCH3 is 1. The molecule has 1 aliphatic rings. The third-order valence-electron chi connectivity index (χ3n) is 5.73. The van der Waals surface area contributed by atoms with Crippen molar-refractivity contribution >= 4 is 16.8 Å². The lowest BCUT2D eigenvalue weighted by Gasteiger charge is -2.31. The van der Waals surface area contributed by atoms with Gasteiger partial charge in [-0.25, -0.2) is 9.37 Å². The normalized spacial score (nSPS) is 17.6. The first kappa shape index (κ1) is 19.6. The fraction of sp³-hybridized carbons (Fsp3) is 0.391. The average Bonchev–Trinajstić information content (AvgIpc) is 3.10. The van der Waals surface area contributed by atoms with E-state index in [1.54, 1.807) is 6.07 Å². The van der Waals surface area contributed by atoms with Crippen LogP contribution in [0.2, 0.25) is 0 Å². The number of rotatable bonds is 6. The zero-order chi connectivity index (χ0) is 20.4. The zero-order valence-electron chi connectivity index (χ0n) is 16.9. The minimum Gasteiger partial charge on any atom is -0.494 e. The molecule has 1 aliphatic heterocycles. The molecule has 1 saturated heterocycles. The summed E-state index contributed by atoms with van der Waals surface area (Å²) in [5.74, 6) is 0.557. The summed E-state index contributed by atoms with van der Waals surface area (Å²) in [6.45, 7) is 5.30. The molecular formula is C23H26FN3O2. The molecule has 1 aromatic heterocycles. The predicted molar refractivity (Wildman–Crippen MR) is 111 cm³/mol. The van der Waals surface area contributed by atoms with E-state index in [4.69, 9.17) is 9.72 Å². The number of nitrogens with zero attached hydrogens (tertiary/aromatic N) is 3. The molecule has 1 unspecified atom stereocenters. The van der Waals surface area contributed by atoms with E-state index in [1.165, 1.54) is 19.2 Å². The first-order chi connectivity index (χ1) is 14.1. The highest BCUT2D eigenvalue weighted by molar-refractivity contribution is 5.98. The molecule has 0 aliphatic carbocycles. The van der Waals surface area contributed by atoms with Crippen LogP contribution in [0, 0.1) is 11.7 Å². The third kappa shape index (κ3) is 3.90. The number of Topliss-reactive ketones (excluding diaryl/α,β-unsaturated/α-hetero) is 1. The van der Waals surface area contributed by atoms with Gasteiger partial charge in [0.1, 0.15) is 5.82 Å². The van der Waals surface area contributed by atoms with Gasteiger partial charge in [0.2, 0.25) is 0 Å². The maximum atomic E-state index is 14.0. The van der Waals surface area contributed by atoms with Gasteiger partial charge in [-0.2, -0.15) is 0 Å². The number of piperidine rings is 1. The van der Waals surface area contributed by atoms with Crippen LogP contribution in [0.4, 0.5) is 4.39 Å². The van der Waals surface area contributed by atoms with E-state index in [-0.39, 0.29) is 17.5 Å². The molecule has 0 spiro atoms. The lowest BCUT2D eigenvalue weighted by molar-refractivity contribution is 0.0807. The second-order valence-electron chi connectivity index (χ2n) is 7.55. The number of halogens is 1. The quantitative estimate of drug-likeness (QED) is 0.584. The van der Waals surface area contributed by atoms with Crippen LogP contribution in [0.25, 0.3) is 11.0 Å². The number of carbonyl (C=O) groups excluding carboxylic acids is 1. The van der Waals surface area contributed by atoms with E-state index in [2.05, 4.69) is 22.5 Å². The number of ether oxygens (including phenoxy) is 1. The number of aryl methyl sites for hydroxylation is 1. The maximum absolute atomic E-state index is 14.0. The van der Waals surface area contributed by atoms with Crippen LogP contribution in [-0.2, 0) is 13.1 Å². The fourth-order valence-corrected chi connectivity index (χ4v) is 4.27. The Balaban J connectivity index is 1.50. The Morgan fingerprint density at radius 1 is 1.28 bits per heavy atom. The predicted octanol–water partition coefficient (Wildman–Crippen LogP) is 4.30. The van der Waals surface area contributed by atoms with Crippen LogP contribution in [0.5, 0.6) is 5.75 Å². The number of imidazole rings is 1. The summed E-state index contributed by atoms with van der Waals surface area (Å²) in [4.78, 5) is 20.1. The molecule has 2 heterocycles. The Morgan fingerprint density at radius 3 is 2.86 bits per heavy atom. The molecule has 0 saturated carbocycles. The molecule has 5 nitrogen and oxygen atoms in total. The van der Waals surface area contributed by atoms with Crippen molar-refractivity contribution in [3.05, 3.63) is 59.7 Å². The molecule has 152 valence electrons. The smallest absolute Gasteiger partial charge is 0.167 e. The summed E-state index contributed by atoms with van der Waals surface area (Å²) >= 11 is 0. The van der Waals surface area contributed by atoms with Crippen molar-refractivity contribution in [2.45, 2.75) is 32.9 Å². The molecule has 0 radical (unpaired) electrons. The van der Waals surface area contributed by atoms with Gasteiger partial charge in [-0.1, -0.05) is 12.1 Å². The number of ketones is 1. The molecule has 6 heteroatoms. The zero-order valence-corrected chi connectivity index (χ0v) is 16.9. The lowest BCUT2D eigenvalue weighted by atomic mass is 9.90. The van der Waals surface area contributed by atoms with E-state index < -0.39 is 5.82 Å². The van der Waals surface area contributed by atoms with E-state index in [0.29, 0.717) is 18.7 Å². The third-order valence-corrected chi connectivity index (χ3v) is 5.73. The number of aromatic nitrogens is 2. The van der Waals surface area contributed by atoms with Gasteiger partial charge >= 0.3 is 0 Å². The number of hydrogen-bond acceptors (Lipinski definition) is 4. The van der Waals surface area contributed by atoms with Gasteiger partial charge in [0.25, 0.3) is 0 Å². The molecule has 0 amide bonds. The van der Waals surface area contributed by atoms with Crippen LogP contribution >= 0.6 is 0 Å². The van der Waals surface area contributed by atoms with Crippen molar-refractivity contribution in [2.75, 3.05) is 20.2 Å². The van der Waals surface area contributed by atoms with Crippen LogP contribution < -0.4 is 4.74 Å². The van der Waals surface area contributed by atoms with E-state index >= 15 is 0 Å². The Hall–Kier alpha value is -2.73. The summed E-state index contributed by atoms with van der Waals surface area (Å²) in [5, 5.41) is 0. The van der Waals surface area contributed by atoms with Crippen molar-refractivity contribution < 1.29 is 13.9 Å². The standard InChI is InChI=1S/C23H26FN3O2/c1-3-27-20-9-5-4-8-19(20)25-22(27)15-26-12-6-7-17(14-26)23(28)16-10-11-21(29-2)18(24)13-16/h4-5,8-11,13,17H,3,6-7,12,14-15H2,1-2H3. The van der Waals surface area contributed by atoms with Gasteiger partial charge in [-0.3, -0.25) is 9.69 Å². The van der Waals surface area contributed by atoms with Gasteiger partial charge in [0, 0.05) is 24.6 Å². The van der Waals surface area contributed by atoms with E-state index in [9.17, 15) is 9.18 Å². The minimum atomic E-state index is -0.498. The highest BCUT2D eigenvalue weighted by Crippen LogP contribution is 2.26. The molecular weight excluding hydrogens is 369 g/mol. The molecule has 3 aromatic rings. The molecule has 0 bridgehead atoms. The second kappa shape index (κ2) is 8.33. The molecule has 1 fully saturated rings. The van der Waals surface area contributed by atoms with E-state index in [0.717, 1.165) is 42.8 Å². The summed E-state index contributed by atoms with van der Waals surface area (Å²) in [5.41, 5.74) is 2.56. The van der Waals surface area contributed by atoms with Gasteiger partial charge in [-0.05, 0) is 56.6 Å². The number of likely N-dealkylation sites (tertiary alicyclic amines) is 1. The Kier molecular flexibility index (Phi) is 5.62. The molecule has 0 N–H and O–H groups in total. The van der Waals surface area contributed by atoms with E-state index in [1.807, 2.05) is 18.2 Å². The summed E-state index contributed by atoms with van der Waals surface area (Å²) in [6, 6.07) is 12.6. The minimum absolute atomic E-state index is 0.000229. The fourth-order valence-electron chi connectivity index (χ4n) is 4.27. The van der Waals surface area contributed by atoms with Crippen LogP contribution in [0.3, 0.4) is 0 Å². The first-order valence-corrected chi connectivity index (χ1v) is 10.1. The summed E-state index contributed by atoms with van der Waals surface area (Å²) in [6.07, 6.45) is 1.77. The largest absolute Gasteiger partial charge is 0.494 e. The van der Waals surface area contributed by atoms with Crippen molar-refractivity contribution in [1.29, 1.82) is 0 Å². The average molecular weight is 395 g/mol. The van der Waals surface area contributed by atoms with Crippen LogP contribution in [-0.4, -0.2) is 40.4 Å². The Morgan fingerprint density at radius 2 is 2.10 bits per heavy atom. The molecule has 1 atom stereocenters. The molecule has 4 rings (SSSR count). The monoisotopic (exact) mass is 395 g/mol.